The van der Waals surface area contributed by atoms with Gasteiger partial charge in [-0.05, 0) is 12.1 Å². The SMILES string of the molecule is OC(CNCC1CSCCS1)c1c(F)cccc1F. The first-order chi connectivity index (χ1) is 9.18. The van der Waals surface area contributed by atoms with Gasteiger partial charge < -0.3 is 10.4 Å². The zero-order valence-corrected chi connectivity index (χ0v) is 12.1. The van der Waals surface area contributed by atoms with Crippen molar-refractivity contribution in [3.05, 3.63) is 35.4 Å². The summed E-state index contributed by atoms with van der Waals surface area (Å²) in [6.07, 6.45) is -1.15. The predicted octanol–water partition coefficient (Wildman–Crippen LogP) is 2.44. The fraction of sp³-hybridized carbons (Fsp3) is 0.538. The summed E-state index contributed by atoms with van der Waals surface area (Å²) in [5, 5.41) is 13.5. The van der Waals surface area contributed by atoms with Gasteiger partial charge in [0.2, 0.25) is 0 Å². The summed E-state index contributed by atoms with van der Waals surface area (Å²) in [5.41, 5.74) is -0.249. The van der Waals surface area contributed by atoms with E-state index in [4.69, 9.17) is 0 Å². The van der Waals surface area contributed by atoms with Crippen LogP contribution in [0, 0.1) is 11.6 Å². The number of halogens is 2. The van der Waals surface area contributed by atoms with Crippen LogP contribution in [0.3, 0.4) is 0 Å². The van der Waals surface area contributed by atoms with E-state index < -0.39 is 17.7 Å². The summed E-state index contributed by atoms with van der Waals surface area (Å²) in [5.74, 6) is 2.02. The Hall–Kier alpha value is -0.300. The highest BCUT2D eigenvalue weighted by Crippen LogP contribution is 2.24. The quantitative estimate of drug-likeness (QED) is 0.875. The number of benzene rings is 1. The lowest BCUT2D eigenvalue weighted by molar-refractivity contribution is 0.165. The second-order valence-corrected chi connectivity index (χ2v) is 6.94. The van der Waals surface area contributed by atoms with E-state index in [9.17, 15) is 13.9 Å². The normalized spacial score (nSPS) is 21.3. The molecule has 1 aromatic rings. The largest absolute Gasteiger partial charge is 0.387 e. The number of thioether (sulfide) groups is 2. The van der Waals surface area contributed by atoms with Crippen LogP contribution in [-0.4, -0.2) is 40.7 Å². The van der Waals surface area contributed by atoms with E-state index in [2.05, 4.69) is 5.32 Å². The molecule has 0 aromatic heterocycles. The van der Waals surface area contributed by atoms with Gasteiger partial charge in [0, 0.05) is 35.6 Å². The molecule has 2 N–H and O–H groups in total. The van der Waals surface area contributed by atoms with Crippen LogP contribution in [0.2, 0.25) is 0 Å². The number of nitrogens with one attached hydrogen (secondary N) is 1. The van der Waals surface area contributed by atoms with Gasteiger partial charge in [-0.1, -0.05) is 6.07 Å². The Labute approximate surface area is 120 Å². The average molecular weight is 305 g/mol. The van der Waals surface area contributed by atoms with Crippen LogP contribution in [0.4, 0.5) is 8.78 Å². The molecule has 1 saturated heterocycles. The lowest BCUT2D eigenvalue weighted by atomic mass is 10.1. The van der Waals surface area contributed by atoms with E-state index in [1.807, 2.05) is 23.5 Å². The highest BCUT2D eigenvalue weighted by atomic mass is 32.2. The van der Waals surface area contributed by atoms with Crippen LogP contribution in [0.5, 0.6) is 0 Å². The Bertz CT molecular complexity index is 393. The molecule has 19 heavy (non-hydrogen) atoms. The molecule has 1 fully saturated rings. The molecule has 1 aliphatic rings. The third kappa shape index (κ3) is 4.34. The molecule has 0 bridgehead atoms. The molecular weight excluding hydrogens is 288 g/mol. The number of hydrogen-bond acceptors (Lipinski definition) is 4. The smallest absolute Gasteiger partial charge is 0.131 e. The molecule has 1 aliphatic heterocycles. The Kier molecular flexibility index (Phi) is 5.94. The van der Waals surface area contributed by atoms with Crippen LogP contribution in [-0.2, 0) is 0 Å². The average Bonchev–Trinajstić information content (AvgIpc) is 2.40. The summed E-state index contributed by atoms with van der Waals surface area (Å²) in [6, 6.07) is 3.62. The molecule has 0 radical (unpaired) electrons. The van der Waals surface area contributed by atoms with Crippen molar-refractivity contribution in [1.29, 1.82) is 0 Å². The van der Waals surface area contributed by atoms with Gasteiger partial charge in [0.05, 0.1) is 11.7 Å². The minimum absolute atomic E-state index is 0.166. The summed E-state index contributed by atoms with van der Waals surface area (Å²) >= 11 is 3.82. The molecule has 1 aromatic carbocycles. The van der Waals surface area contributed by atoms with Gasteiger partial charge in [-0.15, -0.1) is 0 Å². The maximum Gasteiger partial charge on any atom is 0.131 e. The minimum Gasteiger partial charge on any atom is -0.387 e. The van der Waals surface area contributed by atoms with Crippen molar-refractivity contribution in [3.8, 4) is 0 Å². The molecule has 6 heteroatoms. The van der Waals surface area contributed by atoms with Gasteiger partial charge in [0.1, 0.15) is 11.6 Å². The van der Waals surface area contributed by atoms with E-state index in [1.165, 1.54) is 11.8 Å². The number of rotatable bonds is 5. The molecule has 0 aliphatic carbocycles. The van der Waals surface area contributed by atoms with E-state index in [0.717, 1.165) is 30.2 Å². The summed E-state index contributed by atoms with van der Waals surface area (Å²) in [6.45, 7) is 0.921. The maximum atomic E-state index is 13.4. The minimum atomic E-state index is -1.15. The second kappa shape index (κ2) is 7.47. The van der Waals surface area contributed by atoms with Crippen LogP contribution in [0.25, 0.3) is 0 Å². The Morgan fingerprint density at radius 2 is 2.05 bits per heavy atom. The number of hydrogen-bond donors (Lipinski definition) is 2. The first kappa shape index (κ1) is 15.1. The molecule has 2 nitrogen and oxygen atoms in total. The van der Waals surface area contributed by atoms with Gasteiger partial charge in [0.25, 0.3) is 0 Å². The molecule has 106 valence electrons. The summed E-state index contributed by atoms with van der Waals surface area (Å²) in [4.78, 5) is 0. The third-order valence-corrected chi connectivity index (χ3v) is 5.77. The molecule has 0 amide bonds. The fourth-order valence-corrected chi connectivity index (χ4v) is 4.61. The number of aliphatic hydroxyl groups is 1. The van der Waals surface area contributed by atoms with E-state index >= 15 is 0 Å². The van der Waals surface area contributed by atoms with E-state index in [-0.39, 0.29) is 12.1 Å². The van der Waals surface area contributed by atoms with Gasteiger partial charge in [-0.25, -0.2) is 8.78 Å². The Morgan fingerprint density at radius 1 is 1.32 bits per heavy atom. The van der Waals surface area contributed by atoms with Crippen LogP contribution < -0.4 is 5.32 Å². The standard InChI is InChI=1S/C13H17F2NOS2/c14-10-2-1-3-11(15)13(10)12(17)7-16-6-9-8-18-4-5-19-9/h1-3,9,12,16-17H,4-8H2. The Morgan fingerprint density at radius 3 is 2.68 bits per heavy atom. The highest BCUT2D eigenvalue weighted by Gasteiger charge is 2.19. The van der Waals surface area contributed by atoms with Crippen molar-refractivity contribution in [1.82, 2.24) is 5.32 Å². The van der Waals surface area contributed by atoms with Crippen molar-refractivity contribution < 1.29 is 13.9 Å². The number of aliphatic hydroxyl groups excluding tert-OH is 1. The lowest BCUT2D eigenvalue weighted by Crippen LogP contribution is -2.32. The van der Waals surface area contributed by atoms with Crippen molar-refractivity contribution in [2.24, 2.45) is 0 Å². The topological polar surface area (TPSA) is 32.3 Å². The highest BCUT2D eigenvalue weighted by molar-refractivity contribution is 8.06. The zero-order valence-electron chi connectivity index (χ0n) is 10.4. The summed E-state index contributed by atoms with van der Waals surface area (Å²) in [7, 11) is 0. The van der Waals surface area contributed by atoms with Crippen LogP contribution >= 0.6 is 23.5 Å². The molecule has 2 atom stereocenters. The first-order valence-electron chi connectivity index (χ1n) is 6.20. The summed E-state index contributed by atoms with van der Waals surface area (Å²) < 4.78 is 26.9. The van der Waals surface area contributed by atoms with Crippen molar-refractivity contribution in [3.63, 3.8) is 0 Å². The van der Waals surface area contributed by atoms with Crippen molar-refractivity contribution in [2.45, 2.75) is 11.4 Å². The van der Waals surface area contributed by atoms with Crippen LogP contribution in [0.15, 0.2) is 18.2 Å². The van der Waals surface area contributed by atoms with Gasteiger partial charge in [-0.2, -0.15) is 23.5 Å². The zero-order chi connectivity index (χ0) is 13.7. The third-order valence-electron chi connectivity index (χ3n) is 2.93. The molecule has 2 unspecified atom stereocenters. The molecule has 0 spiro atoms. The predicted molar refractivity (Wildman–Crippen MR) is 77.8 cm³/mol. The lowest BCUT2D eigenvalue weighted by Gasteiger charge is -2.22. The first-order valence-corrected chi connectivity index (χ1v) is 8.41. The second-order valence-electron chi connectivity index (χ2n) is 4.38. The maximum absolute atomic E-state index is 13.4. The van der Waals surface area contributed by atoms with E-state index in [1.54, 1.807) is 0 Å². The van der Waals surface area contributed by atoms with Gasteiger partial charge in [0.15, 0.2) is 0 Å². The molecule has 1 heterocycles. The molecular formula is C13H17F2NOS2. The van der Waals surface area contributed by atoms with Crippen molar-refractivity contribution in [2.75, 3.05) is 30.3 Å². The van der Waals surface area contributed by atoms with Crippen molar-refractivity contribution >= 4 is 23.5 Å². The van der Waals surface area contributed by atoms with E-state index in [0.29, 0.717) is 5.25 Å². The van der Waals surface area contributed by atoms with Crippen LogP contribution in [0.1, 0.15) is 11.7 Å². The molecule has 0 saturated carbocycles. The fourth-order valence-electron chi connectivity index (χ4n) is 1.97. The Balaban J connectivity index is 1.82. The monoisotopic (exact) mass is 305 g/mol. The van der Waals surface area contributed by atoms with Gasteiger partial charge >= 0.3 is 0 Å². The van der Waals surface area contributed by atoms with Gasteiger partial charge in [-0.3, -0.25) is 0 Å². The molecule has 2 rings (SSSR count).